The molecule has 0 fully saturated rings. The Morgan fingerprint density at radius 1 is 0.682 bits per heavy atom. The summed E-state index contributed by atoms with van der Waals surface area (Å²) in [6.45, 7) is 8.37. The molecule has 2 unspecified atom stereocenters. The first-order valence-corrected chi connectivity index (χ1v) is 21.3. The molecule has 2 atom stereocenters. The summed E-state index contributed by atoms with van der Waals surface area (Å²) in [6.07, 6.45) is 10.4. The zero-order valence-electron chi connectivity index (χ0n) is 37.4. The molecule has 0 radical (unpaired) electrons. The molecule has 4 aliphatic heterocycles. The van der Waals surface area contributed by atoms with E-state index < -0.39 is 0 Å². The van der Waals surface area contributed by atoms with Crippen LogP contribution in [0.4, 0.5) is 17.1 Å². The molecule has 0 saturated heterocycles. The SMILES string of the molecule is C.CC.CC.COc1ccc(C2=CN3C(=O)c4cc(OC)c(OCCCOc5cc6c(cc5OC)C(=O)N5C=C(c7ccc(NC(=O)CN[C-]=O)cc7)CC5C=N6)cc4N=CC3C2)cc1.[Fm]. The van der Waals surface area contributed by atoms with Crippen molar-refractivity contribution in [1.82, 2.24) is 15.1 Å². The van der Waals surface area contributed by atoms with Gasteiger partial charge in [0, 0.05) is 61.9 Å². The Hall–Kier alpha value is -8.42. The van der Waals surface area contributed by atoms with Gasteiger partial charge in [0.15, 0.2) is 23.0 Å². The number of benzene rings is 4. The zero-order chi connectivity index (χ0) is 45.8. The van der Waals surface area contributed by atoms with E-state index >= 15 is 0 Å². The van der Waals surface area contributed by atoms with Crippen LogP contribution in [-0.4, -0.2) is 99.5 Å². The van der Waals surface area contributed by atoms with Gasteiger partial charge < -0.3 is 48.9 Å². The standard InChI is InChI=1S/C45H41N6O9.2C2H6.CH4.Fm/c1-56-34-11-7-28(8-12-34)30-16-33-22-48-38-20-42(40(58-3)18-36(38)45(55)51(33)25-30)60-14-4-13-59-41-19-37-35(17-39(41)57-2)44(54)50-24-29(15-32(50)21-47-37)27-5-9-31(10-6-27)49-43(53)23-46-26-52;2*1-2;;/h5-12,17-22,24-25,32-33H,4,13-16,23H2,1-3H3,(H,46,52)(H,49,53);2*1-2H3;1H4;/q-1;;;;. The number of nitrogens with zero attached hydrogens (tertiary/aromatic N) is 4. The summed E-state index contributed by atoms with van der Waals surface area (Å²) >= 11 is 0. The van der Waals surface area contributed by atoms with Gasteiger partial charge in [-0.25, -0.2) is 0 Å². The number of hydrogen-bond donors (Lipinski definition) is 2. The number of aliphatic imine (C=N–C) groups is 2. The second-order valence-electron chi connectivity index (χ2n) is 14.2. The van der Waals surface area contributed by atoms with Crippen molar-refractivity contribution >= 4 is 64.8 Å². The molecule has 4 aromatic rings. The second kappa shape index (κ2) is 23.3. The van der Waals surface area contributed by atoms with E-state index in [1.807, 2.05) is 76.5 Å². The molecule has 0 spiro atoms. The van der Waals surface area contributed by atoms with Gasteiger partial charge in [-0.2, -0.15) is 6.41 Å². The number of carbonyl (C=O) groups is 3. The Bertz CT molecular complexity index is 2470. The number of nitrogens with one attached hydrogen (secondary N) is 2. The third-order valence-corrected chi connectivity index (χ3v) is 10.6. The van der Waals surface area contributed by atoms with Gasteiger partial charge >= 0.3 is 0 Å². The summed E-state index contributed by atoms with van der Waals surface area (Å²) < 4.78 is 28.8. The fourth-order valence-corrected chi connectivity index (χ4v) is 7.46. The minimum absolute atomic E-state index is 0. The maximum Gasteiger partial charge on any atom is 0.260 e. The van der Waals surface area contributed by atoms with Crippen LogP contribution in [0.25, 0.3) is 11.1 Å². The fraction of sp³-hybridized carbons (Fsp3) is 0.320. The topological polar surface area (TPSA) is 170 Å². The van der Waals surface area contributed by atoms with Crippen LogP contribution in [0.15, 0.2) is 95.2 Å². The molecule has 2 N–H and O–H groups in total. The monoisotopic (exact) mass is 1140 g/mol. The number of fused-ring (bicyclic) bond motifs is 4. The molecule has 4 aromatic carbocycles. The minimum Gasteiger partial charge on any atom is -0.522 e. The Morgan fingerprint density at radius 2 is 1.14 bits per heavy atom. The molecule has 4 amide bonds. The number of anilines is 1. The first-order chi connectivity index (χ1) is 31.3. The molecule has 4 aliphatic rings. The molecule has 66 heavy (non-hydrogen) atoms. The van der Waals surface area contributed by atoms with Gasteiger partial charge in [0.25, 0.3) is 11.8 Å². The summed E-state index contributed by atoms with van der Waals surface area (Å²) in [5.41, 5.74) is 6.23. The van der Waals surface area contributed by atoms with Crippen molar-refractivity contribution in [3.05, 3.63) is 107 Å². The second-order valence-corrected chi connectivity index (χ2v) is 14.2. The van der Waals surface area contributed by atoms with E-state index in [0.29, 0.717) is 70.4 Å². The Balaban J connectivity index is 0.00000155. The molecule has 0 saturated carbocycles. The third-order valence-electron chi connectivity index (χ3n) is 10.6. The van der Waals surface area contributed by atoms with Crippen molar-refractivity contribution in [1.29, 1.82) is 0 Å². The van der Waals surface area contributed by atoms with E-state index in [9.17, 15) is 19.2 Å². The van der Waals surface area contributed by atoms with Gasteiger partial charge in [0.05, 0.1) is 75.7 Å². The quantitative estimate of drug-likeness (QED) is 0.0672. The molecule has 8 rings (SSSR count). The van der Waals surface area contributed by atoms with Gasteiger partial charge in [-0.1, -0.05) is 59.4 Å². The smallest absolute Gasteiger partial charge is 0.260 e. The van der Waals surface area contributed by atoms with Crippen molar-refractivity contribution in [3.63, 3.8) is 0 Å². The molecule has 0 bridgehead atoms. The maximum absolute atomic E-state index is 13.8. The summed E-state index contributed by atoms with van der Waals surface area (Å²) in [6, 6.07) is 21.2. The Morgan fingerprint density at radius 3 is 1.56 bits per heavy atom. The molecular formula is C50H57FmN6O9-. The first-order valence-electron chi connectivity index (χ1n) is 21.3. The van der Waals surface area contributed by atoms with E-state index in [1.54, 1.807) is 65.7 Å². The number of amides is 4. The molecule has 16 heteroatoms. The van der Waals surface area contributed by atoms with Crippen LogP contribution in [0, 0.1) is 0 Å². The van der Waals surface area contributed by atoms with Crippen LogP contribution in [0.1, 0.15) is 86.2 Å². The van der Waals surface area contributed by atoms with Crippen LogP contribution in [0.5, 0.6) is 28.7 Å². The summed E-state index contributed by atoms with van der Waals surface area (Å²) in [7, 11) is 4.67. The van der Waals surface area contributed by atoms with E-state index in [1.165, 1.54) is 20.6 Å². The maximum atomic E-state index is 13.8. The number of hydrogen-bond acceptors (Lipinski definition) is 11. The zero-order valence-corrected chi connectivity index (χ0v) is 39.8. The van der Waals surface area contributed by atoms with Gasteiger partial charge in [0.1, 0.15) is 5.75 Å². The third kappa shape index (κ3) is 10.8. The average molecular weight is 1140 g/mol. The van der Waals surface area contributed by atoms with Gasteiger partial charge in [-0.15, -0.1) is 0 Å². The predicted molar refractivity (Wildman–Crippen MR) is 254 cm³/mol. The van der Waals surface area contributed by atoms with Crippen LogP contribution in [0.2, 0.25) is 0 Å². The first kappa shape index (κ1) is 50.2. The predicted octanol–water partition coefficient (Wildman–Crippen LogP) is 8.79. The number of methoxy groups -OCH3 is 3. The number of rotatable bonds is 15. The molecule has 354 valence electrons. The van der Waals surface area contributed by atoms with Crippen LogP contribution >= 0.6 is 0 Å². The molecule has 15 nitrogen and oxygen atoms in total. The van der Waals surface area contributed by atoms with Crippen LogP contribution < -0.4 is 34.3 Å². The minimum atomic E-state index is -0.369. The fourth-order valence-electron chi connectivity index (χ4n) is 7.46. The van der Waals surface area contributed by atoms with Crippen molar-refractivity contribution < 1.29 is 42.9 Å². The van der Waals surface area contributed by atoms with E-state index in [2.05, 4.69) is 15.6 Å². The van der Waals surface area contributed by atoms with E-state index in [-0.39, 0.29) is 57.0 Å². The summed E-state index contributed by atoms with van der Waals surface area (Å²) in [5, 5.41) is 4.91. The van der Waals surface area contributed by atoms with Gasteiger partial charge in [0.2, 0.25) is 5.91 Å². The van der Waals surface area contributed by atoms with Crippen molar-refractivity contribution in [2.45, 2.75) is 66.5 Å². The summed E-state index contributed by atoms with van der Waals surface area (Å²) in [4.78, 5) is 62.6. The average Bonchev–Trinajstić information content (AvgIpc) is 3.92. The molecular weight excluding hydrogens is 1090 g/mol. The largest absolute Gasteiger partial charge is 0.522 e. The van der Waals surface area contributed by atoms with Gasteiger partial charge in [-0.05, 0) is 58.7 Å². The molecule has 0 aromatic heterocycles. The molecule has 4 heterocycles. The Labute approximate surface area is 380 Å². The van der Waals surface area contributed by atoms with Crippen molar-refractivity contribution in [2.24, 2.45) is 9.98 Å². The van der Waals surface area contributed by atoms with Crippen LogP contribution in [0.3, 0.4) is 0 Å². The van der Waals surface area contributed by atoms with Gasteiger partial charge in [-0.3, -0.25) is 24.4 Å². The van der Waals surface area contributed by atoms with E-state index in [4.69, 9.17) is 28.7 Å². The number of carbonyl (C=O) groups excluding carboxylic acids is 4. The van der Waals surface area contributed by atoms with Crippen molar-refractivity contribution in [2.75, 3.05) is 46.4 Å². The normalized spacial score (nSPS) is 15.9. The van der Waals surface area contributed by atoms with Crippen LogP contribution in [-0.2, 0) is 9.59 Å². The summed E-state index contributed by atoms with van der Waals surface area (Å²) in [5.74, 6) is 1.70. The molecule has 0 aliphatic carbocycles. The number of ether oxygens (including phenoxy) is 5. The Kier molecular flexibility index (Phi) is 17.7. The van der Waals surface area contributed by atoms with Crippen molar-refractivity contribution in [3.8, 4) is 28.7 Å². The van der Waals surface area contributed by atoms with E-state index in [0.717, 1.165) is 28.0 Å².